The molecule has 0 saturated heterocycles. The van der Waals surface area contributed by atoms with Crippen molar-refractivity contribution in [2.24, 2.45) is 0 Å². The summed E-state index contributed by atoms with van der Waals surface area (Å²) in [7, 11) is 0. The summed E-state index contributed by atoms with van der Waals surface area (Å²) in [5, 5.41) is 0. The first-order valence-electron chi connectivity index (χ1n) is 17.9. The zero-order valence-electron chi connectivity index (χ0n) is 28.9. The number of benzene rings is 2. The number of alkyl halides is 3. The Bertz CT molecular complexity index is 1280. The second kappa shape index (κ2) is 22.3. The summed E-state index contributed by atoms with van der Waals surface area (Å²) in [6.45, 7) is 4.42. The van der Waals surface area contributed by atoms with Crippen LogP contribution in [0.4, 0.5) is 13.2 Å². The highest BCUT2D eigenvalue weighted by atomic mass is 19.4. The van der Waals surface area contributed by atoms with Gasteiger partial charge in [-0.15, -0.1) is 0 Å². The zero-order chi connectivity index (χ0) is 34.5. The Kier molecular flexibility index (Phi) is 18.1. The van der Waals surface area contributed by atoms with Gasteiger partial charge in [0.1, 0.15) is 5.75 Å². The minimum Gasteiger partial charge on any atom is -0.494 e. The molecule has 3 aromatic rings. The van der Waals surface area contributed by atoms with Crippen molar-refractivity contribution in [3.63, 3.8) is 0 Å². The lowest BCUT2D eigenvalue weighted by atomic mass is 10.0. The van der Waals surface area contributed by atoms with Crippen LogP contribution < -0.4 is 4.74 Å². The average Bonchev–Trinajstić information content (AvgIpc) is 3.09. The summed E-state index contributed by atoms with van der Waals surface area (Å²) in [5.74, 6) is 0.509. The SMILES string of the molecule is CCCCCCCCCCCCOc1ccc(-c2ccc(-c3ccc(C(=O)OCCCCCCCOC(C)C(F)(F)F)cc3)nc2)cc1. The number of pyridine rings is 1. The van der Waals surface area contributed by atoms with Crippen LogP contribution in [0.2, 0.25) is 0 Å². The number of esters is 1. The molecule has 0 bridgehead atoms. The summed E-state index contributed by atoms with van der Waals surface area (Å²) >= 11 is 0. The average molecular weight is 670 g/mol. The van der Waals surface area contributed by atoms with E-state index in [1.54, 1.807) is 12.1 Å². The van der Waals surface area contributed by atoms with E-state index in [2.05, 4.69) is 24.0 Å². The number of rotatable bonds is 24. The van der Waals surface area contributed by atoms with Gasteiger partial charge in [0.2, 0.25) is 0 Å². The lowest BCUT2D eigenvalue weighted by Crippen LogP contribution is -2.28. The first-order valence-corrected chi connectivity index (χ1v) is 17.9. The van der Waals surface area contributed by atoms with Crippen molar-refractivity contribution < 1.29 is 32.2 Å². The van der Waals surface area contributed by atoms with Crippen LogP contribution in [0, 0.1) is 0 Å². The molecule has 0 spiro atoms. The lowest BCUT2D eigenvalue weighted by Gasteiger charge is -2.16. The van der Waals surface area contributed by atoms with E-state index >= 15 is 0 Å². The molecule has 0 radical (unpaired) electrons. The quantitative estimate of drug-likeness (QED) is 0.0702. The Morgan fingerprint density at radius 2 is 1.17 bits per heavy atom. The van der Waals surface area contributed by atoms with Crippen LogP contribution in [0.25, 0.3) is 22.4 Å². The number of carbonyl (C=O) groups excluding carboxylic acids is 1. The summed E-state index contributed by atoms with van der Waals surface area (Å²) < 4.78 is 53.4. The minimum atomic E-state index is -4.32. The van der Waals surface area contributed by atoms with E-state index in [-0.39, 0.29) is 12.6 Å². The van der Waals surface area contributed by atoms with E-state index in [1.165, 1.54) is 57.8 Å². The fourth-order valence-corrected chi connectivity index (χ4v) is 5.37. The molecular weight excluding hydrogens is 615 g/mol. The van der Waals surface area contributed by atoms with Gasteiger partial charge < -0.3 is 14.2 Å². The first kappa shape index (κ1) is 39.1. The minimum absolute atomic E-state index is 0.0918. The van der Waals surface area contributed by atoms with E-state index < -0.39 is 12.3 Å². The molecule has 1 aromatic heterocycles. The third-order valence-corrected chi connectivity index (χ3v) is 8.48. The first-order chi connectivity index (χ1) is 23.3. The molecule has 8 heteroatoms. The molecule has 264 valence electrons. The van der Waals surface area contributed by atoms with E-state index in [1.807, 2.05) is 42.6 Å². The predicted octanol–water partition coefficient (Wildman–Crippen LogP) is 11.8. The second-order valence-electron chi connectivity index (χ2n) is 12.5. The third-order valence-electron chi connectivity index (χ3n) is 8.48. The smallest absolute Gasteiger partial charge is 0.414 e. The molecule has 0 aliphatic rings. The van der Waals surface area contributed by atoms with Gasteiger partial charge in [-0.3, -0.25) is 4.98 Å². The van der Waals surface area contributed by atoms with Gasteiger partial charge in [-0.05, 0) is 62.1 Å². The van der Waals surface area contributed by atoms with Crippen LogP contribution in [0.1, 0.15) is 121 Å². The summed E-state index contributed by atoms with van der Waals surface area (Å²) in [6.07, 6.45) is 12.6. The third kappa shape index (κ3) is 15.2. The molecule has 5 nitrogen and oxygen atoms in total. The highest BCUT2D eigenvalue weighted by molar-refractivity contribution is 5.90. The largest absolute Gasteiger partial charge is 0.494 e. The fourth-order valence-electron chi connectivity index (χ4n) is 5.37. The Morgan fingerprint density at radius 1 is 0.646 bits per heavy atom. The van der Waals surface area contributed by atoms with Crippen molar-refractivity contribution in [3.05, 3.63) is 72.4 Å². The molecule has 0 N–H and O–H groups in total. The summed E-state index contributed by atoms with van der Waals surface area (Å²) in [4.78, 5) is 17.1. The molecule has 0 fully saturated rings. The van der Waals surface area contributed by atoms with Gasteiger partial charge in [0.15, 0.2) is 6.10 Å². The molecule has 1 atom stereocenters. The van der Waals surface area contributed by atoms with E-state index in [4.69, 9.17) is 14.2 Å². The highest BCUT2D eigenvalue weighted by Gasteiger charge is 2.36. The standard InChI is InChI=1S/C40H54F3NO4/c1-3-4-5-6-7-8-9-10-12-16-29-47-37-25-22-33(23-26-37)36-24-27-38(44-31-36)34-18-20-35(21-19-34)39(45)48-30-17-14-11-13-15-28-46-32(2)40(41,42)43/h18-27,31-32H,3-17,28-30H2,1-2H3. The molecule has 2 aromatic carbocycles. The van der Waals surface area contributed by atoms with Crippen LogP contribution >= 0.6 is 0 Å². The van der Waals surface area contributed by atoms with Gasteiger partial charge >= 0.3 is 12.1 Å². The van der Waals surface area contributed by atoms with Gasteiger partial charge in [-0.25, -0.2) is 4.79 Å². The summed E-state index contributed by atoms with van der Waals surface area (Å²) in [5.41, 5.74) is 4.28. The normalized spacial score (nSPS) is 12.2. The molecule has 48 heavy (non-hydrogen) atoms. The molecular formula is C40H54F3NO4. The molecule has 0 saturated carbocycles. The van der Waals surface area contributed by atoms with Gasteiger partial charge in [-0.2, -0.15) is 13.2 Å². The molecule has 0 aliphatic heterocycles. The topological polar surface area (TPSA) is 57.7 Å². The Morgan fingerprint density at radius 3 is 1.73 bits per heavy atom. The van der Waals surface area contributed by atoms with Crippen LogP contribution in [0.15, 0.2) is 66.9 Å². The molecule has 0 aliphatic carbocycles. The Balaban J connectivity index is 1.29. The van der Waals surface area contributed by atoms with Crippen molar-refractivity contribution in [2.75, 3.05) is 19.8 Å². The number of hydrogen-bond donors (Lipinski definition) is 0. The molecule has 1 heterocycles. The van der Waals surface area contributed by atoms with Crippen molar-refractivity contribution in [1.82, 2.24) is 4.98 Å². The van der Waals surface area contributed by atoms with Crippen LogP contribution in [-0.2, 0) is 9.47 Å². The van der Waals surface area contributed by atoms with E-state index in [0.29, 0.717) is 25.0 Å². The van der Waals surface area contributed by atoms with Crippen molar-refractivity contribution in [3.8, 4) is 28.1 Å². The molecule has 1 unspecified atom stereocenters. The Labute approximate surface area is 285 Å². The van der Waals surface area contributed by atoms with Gasteiger partial charge in [0.05, 0.1) is 24.5 Å². The number of halogens is 3. The van der Waals surface area contributed by atoms with Crippen molar-refractivity contribution in [1.29, 1.82) is 0 Å². The number of carbonyl (C=O) groups is 1. The summed E-state index contributed by atoms with van der Waals surface area (Å²) in [6, 6.07) is 19.4. The molecule has 3 rings (SSSR count). The van der Waals surface area contributed by atoms with Gasteiger partial charge in [0.25, 0.3) is 0 Å². The number of unbranched alkanes of at least 4 members (excludes halogenated alkanes) is 13. The number of nitrogens with zero attached hydrogens (tertiary/aromatic N) is 1. The lowest BCUT2D eigenvalue weighted by molar-refractivity contribution is -0.214. The maximum atomic E-state index is 12.4. The maximum Gasteiger partial charge on any atom is 0.414 e. The van der Waals surface area contributed by atoms with Gasteiger partial charge in [0, 0.05) is 23.9 Å². The molecule has 0 amide bonds. The van der Waals surface area contributed by atoms with Crippen molar-refractivity contribution in [2.45, 2.75) is 122 Å². The highest BCUT2D eigenvalue weighted by Crippen LogP contribution is 2.26. The van der Waals surface area contributed by atoms with Crippen LogP contribution in [0.3, 0.4) is 0 Å². The van der Waals surface area contributed by atoms with Crippen molar-refractivity contribution >= 4 is 5.97 Å². The Hall–Kier alpha value is -3.39. The number of hydrogen-bond acceptors (Lipinski definition) is 5. The zero-order valence-corrected chi connectivity index (χ0v) is 28.9. The van der Waals surface area contributed by atoms with Crippen LogP contribution in [-0.4, -0.2) is 43.1 Å². The monoisotopic (exact) mass is 669 g/mol. The van der Waals surface area contributed by atoms with E-state index in [9.17, 15) is 18.0 Å². The number of aromatic nitrogens is 1. The number of ether oxygens (including phenoxy) is 3. The second-order valence-corrected chi connectivity index (χ2v) is 12.5. The predicted molar refractivity (Wildman–Crippen MR) is 187 cm³/mol. The fraction of sp³-hybridized carbons (Fsp3) is 0.550. The van der Waals surface area contributed by atoms with Gasteiger partial charge in [-0.1, -0.05) is 114 Å². The van der Waals surface area contributed by atoms with E-state index in [0.717, 1.165) is 67.3 Å². The maximum absolute atomic E-state index is 12.4. The van der Waals surface area contributed by atoms with Crippen LogP contribution in [0.5, 0.6) is 5.75 Å².